The van der Waals surface area contributed by atoms with E-state index in [9.17, 15) is 4.79 Å². The van der Waals surface area contributed by atoms with Gasteiger partial charge < -0.3 is 5.11 Å². The van der Waals surface area contributed by atoms with Crippen LogP contribution in [-0.2, 0) is 0 Å². The van der Waals surface area contributed by atoms with Gasteiger partial charge in [0.15, 0.2) is 0 Å². The van der Waals surface area contributed by atoms with E-state index >= 15 is 0 Å². The Hall–Kier alpha value is -2.95. The first kappa shape index (κ1) is 12.1. The lowest BCUT2D eigenvalue weighted by molar-refractivity contribution is 0.0697. The first-order valence-corrected chi connectivity index (χ1v) is 6.05. The number of benzene rings is 2. The van der Waals surface area contributed by atoms with Gasteiger partial charge in [-0.3, -0.25) is 0 Å². The number of rotatable bonds is 3. The van der Waals surface area contributed by atoms with E-state index in [0.29, 0.717) is 0 Å². The molecule has 0 atom stereocenters. The molecule has 0 spiro atoms. The minimum Gasteiger partial charge on any atom is -0.478 e. The molecule has 1 heterocycles. The minimum atomic E-state index is -0.940. The standard InChI is InChI=1S/C15H11N3O2/c19-15(20)12-5-3-4-11(10-12)13-6-1-2-7-14(13)18-9-8-16-17-18/h1-10H,(H,19,20). The second-order valence-corrected chi connectivity index (χ2v) is 4.25. The number of para-hydroxylation sites is 1. The Balaban J connectivity index is 2.16. The van der Waals surface area contributed by atoms with Crippen LogP contribution in [0, 0.1) is 0 Å². The Morgan fingerprint density at radius 3 is 2.70 bits per heavy atom. The highest BCUT2D eigenvalue weighted by molar-refractivity contribution is 5.90. The van der Waals surface area contributed by atoms with Crippen molar-refractivity contribution >= 4 is 5.97 Å². The zero-order chi connectivity index (χ0) is 13.9. The highest BCUT2D eigenvalue weighted by Crippen LogP contribution is 2.26. The summed E-state index contributed by atoms with van der Waals surface area (Å²) in [6.45, 7) is 0. The predicted octanol–water partition coefficient (Wildman–Crippen LogP) is 2.63. The molecule has 3 rings (SSSR count). The fraction of sp³-hybridized carbons (Fsp3) is 0. The Morgan fingerprint density at radius 1 is 1.10 bits per heavy atom. The van der Waals surface area contributed by atoms with Crippen LogP contribution in [0.25, 0.3) is 16.8 Å². The molecule has 5 nitrogen and oxygen atoms in total. The van der Waals surface area contributed by atoms with Crippen LogP contribution in [0.1, 0.15) is 10.4 Å². The summed E-state index contributed by atoms with van der Waals surface area (Å²) in [6.07, 6.45) is 3.35. The quantitative estimate of drug-likeness (QED) is 0.790. The fourth-order valence-corrected chi connectivity index (χ4v) is 2.07. The van der Waals surface area contributed by atoms with Gasteiger partial charge in [-0.05, 0) is 23.8 Å². The summed E-state index contributed by atoms with van der Waals surface area (Å²) < 4.78 is 1.66. The largest absolute Gasteiger partial charge is 0.478 e. The van der Waals surface area contributed by atoms with E-state index in [1.165, 1.54) is 0 Å². The topological polar surface area (TPSA) is 68.0 Å². The lowest BCUT2D eigenvalue weighted by atomic mass is 10.0. The van der Waals surface area contributed by atoms with Crippen molar-refractivity contribution in [2.75, 3.05) is 0 Å². The maximum atomic E-state index is 11.1. The van der Waals surface area contributed by atoms with Crippen LogP contribution in [0.3, 0.4) is 0 Å². The van der Waals surface area contributed by atoms with Gasteiger partial charge in [0.2, 0.25) is 0 Å². The molecule has 0 bridgehead atoms. The van der Waals surface area contributed by atoms with Gasteiger partial charge in [0, 0.05) is 5.56 Å². The Kier molecular flexibility index (Phi) is 3.01. The van der Waals surface area contributed by atoms with Gasteiger partial charge in [-0.15, -0.1) is 5.10 Å². The maximum absolute atomic E-state index is 11.1. The van der Waals surface area contributed by atoms with E-state index in [4.69, 9.17) is 5.11 Å². The molecule has 0 aliphatic carbocycles. The third-order valence-corrected chi connectivity index (χ3v) is 2.99. The van der Waals surface area contributed by atoms with Gasteiger partial charge in [0.1, 0.15) is 0 Å². The van der Waals surface area contributed by atoms with Crippen LogP contribution in [-0.4, -0.2) is 26.1 Å². The number of hydrogen-bond donors (Lipinski definition) is 1. The molecule has 0 aliphatic heterocycles. The van der Waals surface area contributed by atoms with E-state index < -0.39 is 5.97 Å². The van der Waals surface area contributed by atoms with Gasteiger partial charge in [-0.1, -0.05) is 35.5 Å². The molecule has 2 aromatic carbocycles. The molecule has 0 saturated carbocycles. The average Bonchev–Trinajstić information content (AvgIpc) is 3.01. The summed E-state index contributed by atoms with van der Waals surface area (Å²) in [7, 11) is 0. The zero-order valence-corrected chi connectivity index (χ0v) is 10.5. The highest BCUT2D eigenvalue weighted by atomic mass is 16.4. The van der Waals surface area contributed by atoms with E-state index in [0.717, 1.165) is 16.8 Å². The number of nitrogens with zero attached hydrogens (tertiary/aromatic N) is 3. The van der Waals surface area contributed by atoms with Crippen molar-refractivity contribution in [2.24, 2.45) is 0 Å². The van der Waals surface area contributed by atoms with Crippen molar-refractivity contribution in [1.29, 1.82) is 0 Å². The first-order chi connectivity index (χ1) is 9.75. The molecule has 1 aromatic heterocycles. The van der Waals surface area contributed by atoms with Gasteiger partial charge in [-0.2, -0.15) is 0 Å². The summed E-state index contributed by atoms with van der Waals surface area (Å²) in [5, 5.41) is 16.9. The molecule has 1 N–H and O–H groups in total. The number of carboxylic acids is 1. The van der Waals surface area contributed by atoms with Gasteiger partial charge >= 0.3 is 5.97 Å². The number of carboxylic acid groups (broad SMARTS) is 1. The summed E-state index contributed by atoms with van der Waals surface area (Å²) in [4.78, 5) is 11.1. The lowest BCUT2D eigenvalue weighted by Gasteiger charge is -2.09. The molecule has 0 amide bonds. The highest BCUT2D eigenvalue weighted by Gasteiger charge is 2.09. The third kappa shape index (κ3) is 2.16. The van der Waals surface area contributed by atoms with Crippen LogP contribution in [0.4, 0.5) is 0 Å². The predicted molar refractivity (Wildman–Crippen MR) is 73.8 cm³/mol. The van der Waals surface area contributed by atoms with Gasteiger partial charge in [-0.25, -0.2) is 9.48 Å². The van der Waals surface area contributed by atoms with E-state index in [2.05, 4.69) is 10.3 Å². The monoisotopic (exact) mass is 265 g/mol. The molecule has 5 heteroatoms. The van der Waals surface area contributed by atoms with Crippen LogP contribution in [0.2, 0.25) is 0 Å². The molecule has 0 radical (unpaired) electrons. The summed E-state index contributed by atoms with van der Waals surface area (Å²) in [6, 6.07) is 14.5. The third-order valence-electron chi connectivity index (χ3n) is 2.99. The summed E-state index contributed by atoms with van der Waals surface area (Å²) >= 11 is 0. The molecule has 98 valence electrons. The second kappa shape index (κ2) is 4.97. The van der Waals surface area contributed by atoms with Crippen molar-refractivity contribution in [3.63, 3.8) is 0 Å². The minimum absolute atomic E-state index is 0.260. The molecular weight excluding hydrogens is 254 g/mol. The van der Waals surface area contributed by atoms with E-state index in [-0.39, 0.29) is 5.56 Å². The van der Waals surface area contributed by atoms with E-state index in [1.54, 1.807) is 35.3 Å². The van der Waals surface area contributed by atoms with Crippen LogP contribution >= 0.6 is 0 Å². The van der Waals surface area contributed by atoms with Crippen molar-refractivity contribution in [1.82, 2.24) is 15.0 Å². The summed E-state index contributed by atoms with van der Waals surface area (Å²) in [5.74, 6) is -0.940. The Morgan fingerprint density at radius 2 is 1.95 bits per heavy atom. The second-order valence-electron chi connectivity index (χ2n) is 4.25. The van der Waals surface area contributed by atoms with Gasteiger partial charge in [0.25, 0.3) is 0 Å². The Labute approximate surface area is 115 Å². The molecule has 20 heavy (non-hydrogen) atoms. The average molecular weight is 265 g/mol. The Bertz CT molecular complexity index is 751. The first-order valence-electron chi connectivity index (χ1n) is 6.05. The number of hydrogen-bond acceptors (Lipinski definition) is 3. The normalized spacial score (nSPS) is 10.4. The fourth-order valence-electron chi connectivity index (χ4n) is 2.07. The van der Waals surface area contributed by atoms with Crippen LogP contribution < -0.4 is 0 Å². The molecule has 0 unspecified atom stereocenters. The zero-order valence-electron chi connectivity index (χ0n) is 10.5. The maximum Gasteiger partial charge on any atom is 0.335 e. The smallest absolute Gasteiger partial charge is 0.335 e. The molecular formula is C15H11N3O2. The lowest BCUT2D eigenvalue weighted by Crippen LogP contribution is -1.99. The number of carbonyl (C=O) groups is 1. The molecule has 0 fully saturated rings. The summed E-state index contributed by atoms with van der Waals surface area (Å²) in [5.41, 5.74) is 2.85. The van der Waals surface area contributed by atoms with Crippen LogP contribution in [0.5, 0.6) is 0 Å². The van der Waals surface area contributed by atoms with Crippen molar-refractivity contribution in [3.05, 3.63) is 66.5 Å². The molecule has 0 saturated heterocycles. The van der Waals surface area contributed by atoms with Crippen molar-refractivity contribution < 1.29 is 9.90 Å². The number of aromatic nitrogens is 3. The molecule has 0 aliphatic rings. The SMILES string of the molecule is O=C(O)c1cccc(-c2ccccc2-n2ccnn2)c1. The van der Waals surface area contributed by atoms with Crippen molar-refractivity contribution in [2.45, 2.75) is 0 Å². The molecule has 3 aromatic rings. The van der Waals surface area contributed by atoms with E-state index in [1.807, 2.05) is 30.3 Å². The van der Waals surface area contributed by atoms with Gasteiger partial charge in [0.05, 0.1) is 23.6 Å². The van der Waals surface area contributed by atoms with Crippen molar-refractivity contribution in [3.8, 4) is 16.8 Å². The number of aromatic carboxylic acids is 1. The van der Waals surface area contributed by atoms with Crippen LogP contribution in [0.15, 0.2) is 60.9 Å².